The maximum absolute atomic E-state index is 14.6. The van der Waals surface area contributed by atoms with Crippen molar-refractivity contribution >= 4 is 35.0 Å². The molecule has 0 bridgehead atoms. The number of ether oxygens (including phenoxy) is 2. The number of aliphatic imine (C=N–C) groups is 1. The summed E-state index contributed by atoms with van der Waals surface area (Å²) >= 11 is 12.5. The molecule has 0 amide bonds. The number of nitrogens with zero attached hydrogens (tertiary/aromatic N) is 3. The number of rotatable bonds is 5. The summed E-state index contributed by atoms with van der Waals surface area (Å²) in [6.45, 7) is 2.69. The van der Waals surface area contributed by atoms with Gasteiger partial charge in [-0.2, -0.15) is 0 Å². The van der Waals surface area contributed by atoms with Crippen LogP contribution < -0.4 is 5.32 Å². The average molecular weight is 497 g/mol. The van der Waals surface area contributed by atoms with Gasteiger partial charge in [0.15, 0.2) is 11.7 Å². The van der Waals surface area contributed by atoms with Crippen molar-refractivity contribution in [3.05, 3.63) is 74.7 Å². The second-order valence-electron chi connectivity index (χ2n) is 7.43. The van der Waals surface area contributed by atoms with Crippen LogP contribution in [-0.4, -0.2) is 61.6 Å². The van der Waals surface area contributed by atoms with E-state index in [9.17, 15) is 13.6 Å². The lowest BCUT2D eigenvalue weighted by Gasteiger charge is -2.32. The Hall–Kier alpha value is -2.59. The monoisotopic (exact) mass is 496 g/mol. The Kier molecular flexibility index (Phi) is 7.23. The Morgan fingerprint density at radius 1 is 1.27 bits per heavy atom. The molecule has 1 aromatic carbocycles. The van der Waals surface area contributed by atoms with Crippen LogP contribution in [0.2, 0.25) is 10.0 Å². The molecule has 1 N–H and O–H groups in total. The van der Waals surface area contributed by atoms with E-state index in [0.717, 1.165) is 12.3 Å². The van der Waals surface area contributed by atoms with Gasteiger partial charge in [-0.05, 0) is 12.1 Å². The molecule has 0 spiro atoms. The van der Waals surface area contributed by atoms with Gasteiger partial charge in [0, 0.05) is 47.0 Å². The Morgan fingerprint density at radius 2 is 2.03 bits per heavy atom. The summed E-state index contributed by atoms with van der Waals surface area (Å²) in [4.78, 5) is 23.4. The normalized spacial score (nSPS) is 19.2. The number of halogens is 4. The lowest BCUT2D eigenvalue weighted by Crippen LogP contribution is -2.43. The first-order valence-electron chi connectivity index (χ1n) is 10.1. The van der Waals surface area contributed by atoms with Gasteiger partial charge in [-0.15, -0.1) is 0 Å². The van der Waals surface area contributed by atoms with Crippen LogP contribution in [0, 0.1) is 11.6 Å². The van der Waals surface area contributed by atoms with Crippen molar-refractivity contribution < 1.29 is 23.0 Å². The topological polar surface area (TPSA) is 76.0 Å². The molecule has 2 aliphatic rings. The molecule has 174 valence electrons. The quantitative estimate of drug-likeness (QED) is 0.638. The molecule has 0 saturated carbocycles. The third-order valence-electron chi connectivity index (χ3n) is 5.31. The molecule has 1 atom stereocenters. The Balaban J connectivity index is 1.85. The van der Waals surface area contributed by atoms with Gasteiger partial charge in [0.25, 0.3) is 0 Å². The maximum Gasteiger partial charge on any atom is 0.338 e. The van der Waals surface area contributed by atoms with Crippen LogP contribution >= 0.6 is 23.2 Å². The van der Waals surface area contributed by atoms with Crippen molar-refractivity contribution in [2.75, 3.05) is 40.0 Å². The standard InChI is InChI=1S/C22H20Cl2F2N4O3/c1-32-22(31)18-17(11-30-4-6-33-7-5-30)28-21(20-16(26)9-13(25)10-27-20)29-19(18)14-3-2-12(23)8-15(14)24/h2-3,8-10,19H,4-7,11H2,1H3,(H,28,29). The van der Waals surface area contributed by atoms with Crippen LogP contribution in [0.15, 0.2) is 46.7 Å². The van der Waals surface area contributed by atoms with Crippen molar-refractivity contribution in [1.29, 1.82) is 0 Å². The van der Waals surface area contributed by atoms with E-state index in [1.54, 1.807) is 12.1 Å². The second-order valence-corrected chi connectivity index (χ2v) is 8.27. The summed E-state index contributed by atoms with van der Waals surface area (Å²) in [5.41, 5.74) is 0.965. The highest BCUT2D eigenvalue weighted by molar-refractivity contribution is 6.35. The minimum Gasteiger partial charge on any atom is -0.466 e. The summed E-state index contributed by atoms with van der Waals surface area (Å²) in [7, 11) is 1.27. The number of amidine groups is 1. The molecular formula is C22H20Cl2F2N4O3. The average Bonchev–Trinajstić information content (AvgIpc) is 2.79. The van der Waals surface area contributed by atoms with Gasteiger partial charge in [0.1, 0.15) is 17.6 Å². The van der Waals surface area contributed by atoms with E-state index in [0.29, 0.717) is 49.1 Å². The van der Waals surface area contributed by atoms with E-state index in [1.165, 1.54) is 13.2 Å². The molecule has 7 nitrogen and oxygen atoms in total. The zero-order chi connectivity index (χ0) is 23.5. The highest BCUT2D eigenvalue weighted by atomic mass is 35.5. The zero-order valence-corrected chi connectivity index (χ0v) is 19.1. The highest BCUT2D eigenvalue weighted by Gasteiger charge is 2.35. The number of esters is 1. The van der Waals surface area contributed by atoms with Crippen molar-refractivity contribution in [1.82, 2.24) is 15.2 Å². The van der Waals surface area contributed by atoms with Crippen LogP contribution in [0.5, 0.6) is 0 Å². The Labute approximate surface area is 199 Å². The number of carbonyl (C=O) groups is 1. The van der Waals surface area contributed by atoms with E-state index >= 15 is 0 Å². The SMILES string of the molecule is COC(=O)C1=C(CN2CCOCC2)NC(c2ncc(F)cc2F)=NC1c1ccc(Cl)cc1Cl. The van der Waals surface area contributed by atoms with Crippen molar-refractivity contribution in [2.45, 2.75) is 6.04 Å². The minimum atomic E-state index is -0.930. The molecule has 0 radical (unpaired) electrons. The van der Waals surface area contributed by atoms with Gasteiger partial charge in [-0.3, -0.25) is 9.89 Å². The van der Waals surface area contributed by atoms with Crippen molar-refractivity contribution in [3.63, 3.8) is 0 Å². The van der Waals surface area contributed by atoms with Gasteiger partial charge in [-0.1, -0.05) is 29.3 Å². The van der Waals surface area contributed by atoms with E-state index < -0.39 is 23.6 Å². The number of benzene rings is 1. The largest absolute Gasteiger partial charge is 0.466 e. The predicted molar refractivity (Wildman–Crippen MR) is 119 cm³/mol. The molecule has 1 aromatic heterocycles. The van der Waals surface area contributed by atoms with Gasteiger partial charge >= 0.3 is 5.97 Å². The van der Waals surface area contributed by atoms with Crippen LogP contribution in [0.4, 0.5) is 8.78 Å². The lowest BCUT2D eigenvalue weighted by molar-refractivity contribution is -0.136. The van der Waals surface area contributed by atoms with Gasteiger partial charge in [0.2, 0.25) is 0 Å². The summed E-state index contributed by atoms with van der Waals surface area (Å²) in [5, 5.41) is 3.71. The number of morpholine rings is 1. The van der Waals surface area contributed by atoms with E-state index in [2.05, 4.69) is 20.2 Å². The molecule has 1 fully saturated rings. The fourth-order valence-electron chi connectivity index (χ4n) is 3.71. The lowest BCUT2D eigenvalue weighted by atomic mass is 9.95. The van der Waals surface area contributed by atoms with Crippen LogP contribution in [0.3, 0.4) is 0 Å². The number of pyridine rings is 1. The summed E-state index contributed by atoms with van der Waals surface area (Å²) in [5.74, 6) is -2.28. The van der Waals surface area contributed by atoms with Gasteiger partial charge in [-0.25, -0.2) is 18.6 Å². The predicted octanol–water partition coefficient (Wildman–Crippen LogP) is 3.52. The molecule has 2 aromatic rings. The van der Waals surface area contributed by atoms with Gasteiger partial charge in [0.05, 0.1) is 32.1 Å². The Bertz CT molecular complexity index is 1140. The maximum atomic E-state index is 14.6. The number of methoxy groups -OCH3 is 1. The first-order chi connectivity index (χ1) is 15.9. The van der Waals surface area contributed by atoms with E-state index in [4.69, 9.17) is 32.7 Å². The molecule has 3 heterocycles. The van der Waals surface area contributed by atoms with E-state index in [1.807, 2.05) is 0 Å². The number of carbonyl (C=O) groups excluding carboxylic acids is 1. The zero-order valence-electron chi connectivity index (χ0n) is 17.6. The third kappa shape index (κ3) is 5.16. The molecule has 2 aliphatic heterocycles. The summed E-state index contributed by atoms with van der Waals surface area (Å²) in [6, 6.07) is 4.58. The molecule has 4 rings (SSSR count). The van der Waals surface area contributed by atoms with Crippen LogP contribution in [0.1, 0.15) is 17.3 Å². The number of hydrogen-bond donors (Lipinski definition) is 1. The highest BCUT2D eigenvalue weighted by Crippen LogP contribution is 2.37. The molecule has 1 unspecified atom stereocenters. The van der Waals surface area contributed by atoms with Gasteiger partial charge < -0.3 is 14.8 Å². The third-order valence-corrected chi connectivity index (χ3v) is 5.87. The second kappa shape index (κ2) is 10.1. The van der Waals surface area contributed by atoms with Crippen LogP contribution in [-0.2, 0) is 14.3 Å². The van der Waals surface area contributed by atoms with Crippen molar-refractivity contribution in [2.24, 2.45) is 4.99 Å². The summed E-state index contributed by atoms with van der Waals surface area (Å²) in [6.07, 6.45) is 0.897. The number of nitrogens with one attached hydrogen (secondary N) is 1. The smallest absolute Gasteiger partial charge is 0.338 e. The number of aromatic nitrogens is 1. The molecule has 0 aliphatic carbocycles. The van der Waals surface area contributed by atoms with Crippen molar-refractivity contribution in [3.8, 4) is 0 Å². The molecule has 11 heteroatoms. The first kappa shape index (κ1) is 23.6. The Morgan fingerprint density at radius 3 is 2.70 bits per heavy atom. The fourth-order valence-corrected chi connectivity index (χ4v) is 4.22. The van der Waals surface area contributed by atoms with Crippen LogP contribution in [0.25, 0.3) is 0 Å². The first-order valence-corrected chi connectivity index (χ1v) is 10.9. The summed E-state index contributed by atoms with van der Waals surface area (Å²) < 4.78 is 38.5. The molecule has 33 heavy (non-hydrogen) atoms. The minimum absolute atomic E-state index is 0.0411. The van der Waals surface area contributed by atoms with E-state index in [-0.39, 0.29) is 22.1 Å². The fraction of sp³-hybridized carbons (Fsp3) is 0.318. The number of hydrogen-bond acceptors (Lipinski definition) is 7. The molecular weight excluding hydrogens is 477 g/mol. The molecule has 1 saturated heterocycles.